The molecule has 1 aliphatic rings. The van der Waals surface area contributed by atoms with Crippen LogP contribution in [0.1, 0.15) is 17.2 Å². The van der Waals surface area contributed by atoms with Crippen molar-refractivity contribution in [2.24, 2.45) is 0 Å². The van der Waals surface area contributed by atoms with E-state index in [4.69, 9.17) is 9.47 Å². The maximum Gasteiger partial charge on any atom is 0.241 e. The predicted octanol–water partition coefficient (Wildman–Crippen LogP) is 3.72. The zero-order valence-corrected chi connectivity index (χ0v) is 16.1. The van der Waals surface area contributed by atoms with Gasteiger partial charge in [-0.15, -0.1) is 0 Å². The van der Waals surface area contributed by atoms with Crippen LogP contribution in [-0.2, 0) is 16.4 Å². The molecule has 3 aromatic carbocycles. The third-order valence-electron chi connectivity index (χ3n) is 4.61. The molecule has 5 nitrogen and oxygen atoms in total. The highest BCUT2D eigenvalue weighted by molar-refractivity contribution is 7.89. The maximum absolute atomic E-state index is 13.1. The molecule has 4 rings (SSSR count). The summed E-state index contributed by atoms with van der Waals surface area (Å²) in [7, 11) is -3.75. The zero-order valence-electron chi connectivity index (χ0n) is 15.2. The molecule has 1 atom stereocenters. The standard InChI is InChI=1S/C22H21NO4S/c24-28(25,19-11-12-21-22(16-19)27-14-13-26-21)23-20(18-9-5-2-6-10-18)15-17-7-3-1-4-8-17/h1-12,16,20,23H,13-15H2/t20-/m1/s1. The summed E-state index contributed by atoms with van der Waals surface area (Å²) in [5.41, 5.74) is 1.97. The van der Waals surface area contributed by atoms with Crippen molar-refractivity contribution in [1.82, 2.24) is 4.72 Å². The third-order valence-corrected chi connectivity index (χ3v) is 6.08. The Kier molecular flexibility index (Phi) is 5.32. The molecule has 0 saturated carbocycles. The van der Waals surface area contributed by atoms with Gasteiger partial charge in [0, 0.05) is 6.07 Å². The molecule has 0 fully saturated rings. The molecule has 6 heteroatoms. The van der Waals surface area contributed by atoms with Gasteiger partial charge in [0.05, 0.1) is 10.9 Å². The average Bonchev–Trinajstić information content (AvgIpc) is 2.74. The Hall–Kier alpha value is -2.83. The predicted molar refractivity (Wildman–Crippen MR) is 107 cm³/mol. The van der Waals surface area contributed by atoms with Crippen LogP contribution in [0.15, 0.2) is 83.8 Å². The number of rotatable bonds is 6. The Morgan fingerprint density at radius 3 is 2.18 bits per heavy atom. The van der Waals surface area contributed by atoms with E-state index in [0.717, 1.165) is 11.1 Å². The maximum atomic E-state index is 13.1. The number of sulfonamides is 1. The van der Waals surface area contributed by atoms with Crippen molar-refractivity contribution in [3.05, 3.63) is 90.0 Å². The molecular weight excluding hydrogens is 374 g/mol. The van der Waals surface area contributed by atoms with Gasteiger partial charge in [0.2, 0.25) is 10.0 Å². The second-order valence-electron chi connectivity index (χ2n) is 6.58. The molecule has 0 unspecified atom stereocenters. The van der Waals surface area contributed by atoms with Crippen molar-refractivity contribution < 1.29 is 17.9 Å². The fourth-order valence-electron chi connectivity index (χ4n) is 3.21. The smallest absolute Gasteiger partial charge is 0.241 e. The van der Waals surface area contributed by atoms with Gasteiger partial charge in [-0.1, -0.05) is 60.7 Å². The van der Waals surface area contributed by atoms with Crippen LogP contribution in [0.4, 0.5) is 0 Å². The first kappa shape index (κ1) is 18.5. The molecule has 3 aromatic rings. The molecule has 1 N–H and O–H groups in total. The first-order valence-electron chi connectivity index (χ1n) is 9.13. The molecule has 0 spiro atoms. The Balaban J connectivity index is 1.63. The minimum atomic E-state index is -3.75. The quantitative estimate of drug-likeness (QED) is 0.691. The highest BCUT2D eigenvalue weighted by Crippen LogP contribution is 2.32. The third kappa shape index (κ3) is 4.18. The lowest BCUT2D eigenvalue weighted by atomic mass is 10.00. The first-order chi connectivity index (χ1) is 13.6. The SMILES string of the molecule is O=S(=O)(N[C@H](Cc1ccccc1)c1ccccc1)c1ccc2c(c1)OCCO2. The summed E-state index contributed by atoms with van der Waals surface area (Å²) in [6.07, 6.45) is 0.550. The summed E-state index contributed by atoms with van der Waals surface area (Å²) >= 11 is 0. The number of hydrogen-bond donors (Lipinski definition) is 1. The molecule has 1 aliphatic heterocycles. The number of benzene rings is 3. The summed E-state index contributed by atoms with van der Waals surface area (Å²) in [6.45, 7) is 0.870. The summed E-state index contributed by atoms with van der Waals surface area (Å²) in [4.78, 5) is 0.158. The fraction of sp³-hybridized carbons (Fsp3) is 0.182. The molecular formula is C22H21NO4S. The van der Waals surface area contributed by atoms with Crippen molar-refractivity contribution in [2.45, 2.75) is 17.4 Å². The molecule has 28 heavy (non-hydrogen) atoms. The highest BCUT2D eigenvalue weighted by Gasteiger charge is 2.24. The van der Waals surface area contributed by atoms with E-state index >= 15 is 0 Å². The van der Waals surface area contributed by atoms with Crippen LogP contribution in [0, 0.1) is 0 Å². The van der Waals surface area contributed by atoms with Crippen LogP contribution in [0.5, 0.6) is 11.5 Å². The van der Waals surface area contributed by atoms with E-state index in [-0.39, 0.29) is 10.9 Å². The molecule has 0 bridgehead atoms. The Bertz CT molecular complexity index is 1040. The summed E-state index contributed by atoms with van der Waals surface area (Å²) in [5.74, 6) is 1.02. The number of nitrogens with one attached hydrogen (secondary N) is 1. The van der Waals surface area contributed by atoms with Gasteiger partial charge in [0.15, 0.2) is 11.5 Å². The van der Waals surface area contributed by atoms with Crippen LogP contribution < -0.4 is 14.2 Å². The monoisotopic (exact) mass is 395 g/mol. The zero-order chi connectivity index (χ0) is 19.4. The molecule has 0 aliphatic carbocycles. The van der Waals surface area contributed by atoms with Crippen LogP contribution >= 0.6 is 0 Å². The topological polar surface area (TPSA) is 64.6 Å². The largest absolute Gasteiger partial charge is 0.486 e. The van der Waals surface area contributed by atoms with Crippen LogP contribution in [0.2, 0.25) is 0 Å². The molecule has 144 valence electrons. The number of fused-ring (bicyclic) bond motifs is 1. The van der Waals surface area contributed by atoms with E-state index in [9.17, 15) is 8.42 Å². The van der Waals surface area contributed by atoms with E-state index in [1.807, 2.05) is 60.7 Å². The average molecular weight is 395 g/mol. The number of hydrogen-bond acceptors (Lipinski definition) is 4. The Morgan fingerprint density at radius 2 is 1.46 bits per heavy atom. The molecule has 0 radical (unpaired) electrons. The highest BCUT2D eigenvalue weighted by atomic mass is 32.2. The van der Waals surface area contributed by atoms with Gasteiger partial charge in [0.25, 0.3) is 0 Å². The molecule has 1 heterocycles. The molecule has 0 aromatic heterocycles. The normalized spacial score (nSPS) is 14.4. The minimum absolute atomic E-state index is 0.158. The summed E-state index contributed by atoms with van der Waals surface area (Å²) < 4.78 is 40.0. The second kappa shape index (κ2) is 8.04. The van der Waals surface area contributed by atoms with Crippen molar-refractivity contribution in [3.63, 3.8) is 0 Å². The van der Waals surface area contributed by atoms with Gasteiger partial charge in [-0.3, -0.25) is 0 Å². The lowest BCUT2D eigenvalue weighted by molar-refractivity contribution is 0.171. The lowest BCUT2D eigenvalue weighted by Gasteiger charge is -2.21. The molecule has 0 saturated heterocycles. The fourth-order valence-corrected chi connectivity index (χ4v) is 4.45. The molecule has 0 amide bonds. The van der Waals surface area contributed by atoms with Gasteiger partial charge in [-0.25, -0.2) is 13.1 Å². The second-order valence-corrected chi connectivity index (χ2v) is 8.29. The van der Waals surface area contributed by atoms with Gasteiger partial charge in [0.1, 0.15) is 13.2 Å². The van der Waals surface area contributed by atoms with E-state index in [1.54, 1.807) is 12.1 Å². The Labute approximate surface area is 165 Å². The lowest BCUT2D eigenvalue weighted by Crippen LogP contribution is -2.30. The first-order valence-corrected chi connectivity index (χ1v) is 10.6. The van der Waals surface area contributed by atoms with E-state index in [1.165, 1.54) is 6.07 Å². The van der Waals surface area contributed by atoms with Crippen molar-refractivity contribution >= 4 is 10.0 Å². The van der Waals surface area contributed by atoms with Crippen LogP contribution in [0.3, 0.4) is 0 Å². The Morgan fingerprint density at radius 1 is 0.821 bits per heavy atom. The van der Waals surface area contributed by atoms with Gasteiger partial charge in [-0.05, 0) is 29.7 Å². The number of ether oxygens (including phenoxy) is 2. The van der Waals surface area contributed by atoms with Crippen LogP contribution in [-0.4, -0.2) is 21.6 Å². The van der Waals surface area contributed by atoms with Crippen molar-refractivity contribution in [2.75, 3.05) is 13.2 Å². The van der Waals surface area contributed by atoms with Crippen molar-refractivity contribution in [3.8, 4) is 11.5 Å². The minimum Gasteiger partial charge on any atom is -0.486 e. The van der Waals surface area contributed by atoms with Gasteiger partial charge < -0.3 is 9.47 Å². The van der Waals surface area contributed by atoms with Gasteiger partial charge >= 0.3 is 0 Å². The van der Waals surface area contributed by atoms with Gasteiger partial charge in [-0.2, -0.15) is 0 Å². The summed E-state index contributed by atoms with van der Waals surface area (Å²) in [5, 5.41) is 0. The summed E-state index contributed by atoms with van der Waals surface area (Å²) in [6, 6.07) is 23.7. The van der Waals surface area contributed by atoms with Crippen molar-refractivity contribution in [1.29, 1.82) is 0 Å². The van der Waals surface area contributed by atoms with E-state index in [0.29, 0.717) is 31.1 Å². The van der Waals surface area contributed by atoms with E-state index < -0.39 is 10.0 Å². The van der Waals surface area contributed by atoms with E-state index in [2.05, 4.69) is 4.72 Å². The van der Waals surface area contributed by atoms with Crippen LogP contribution in [0.25, 0.3) is 0 Å².